The van der Waals surface area contributed by atoms with Crippen LogP contribution in [0.25, 0.3) is 10.8 Å². The number of aliphatic imine (C=N–C) groups is 1. The van der Waals surface area contributed by atoms with Crippen molar-refractivity contribution in [2.75, 3.05) is 6.61 Å². The highest BCUT2D eigenvalue weighted by atomic mass is 16.3. The lowest BCUT2D eigenvalue weighted by atomic mass is 9.75. The van der Waals surface area contributed by atoms with E-state index in [1.54, 1.807) is 0 Å². The molecule has 148 valence electrons. The average molecular weight is 380 g/mol. The first-order valence-corrected chi connectivity index (χ1v) is 9.94. The van der Waals surface area contributed by atoms with Crippen molar-refractivity contribution < 1.29 is 15.0 Å². The van der Waals surface area contributed by atoms with E-state index in [0.29, 0.717) is 37.0 Å². The summed E-state index contributed by atoms with van der Waals surface area (Å²) in [5.41, 5.74) is 1.73. The molecule has 0 amide bonds. The molecule has 4 nitrogen and oxygen atoms in total. The topological polar surface area (TPSA) is 69.9 Å². The number of fused-ring (bicyclic) bond motifs is 1. The molecule has 0 aromatic heterocycles. The van der Waals surface area contributed by atoms with E-state index in [-0.39, 0.29) is 29.6 Å². The molecule has 2 aromatic rings. The fourth-order valence-electron chi connectivity index (χ4n) is 3.92. The summed E-state index contributed by atoms with van der Waals surface area (Å²) in [6.45, 7) is 5.85. The number of benzene rings is 2. The minimum absolute atomic E-state index is 0.0690. The van der Waals surface area contributed by atoms with E-state index in [0.717, 1.165) is 16.3 Å². The van der Waals surface area contributed by atoms with Crippen LogP contribution in [0.2, 0.25) is 0 Å². The van der Waals surface area contributed by atoms with Gasteiger partial charge in [0.1, 0.15) is 5.76 Å². The predicted octanol–water partition coefficient (Wildman–Crippen LogP) is 4.80. The van der Waals surface area contributed by atoms with Gasteiger partial charge in [0, 0.05) is 19.3 Å². The van der Waals surface area contributed by atoms with Crippen molar-refractivity contribution >= 4 is 22.3 Å². The van der Waals surface area contributed by atoms with Crippen LogP contribution in [0, 0.1) is 5.41 Å². The van der Waals surface area contributed by atoms with Crippen LogP contribution < -0.4 is 0 Å². The van der Waals surface area contributed by atoms with Crippen molar-refractivity contribution in [3.8, 4) is 0 Å². The summed E-state index contributed by atoms with van der Waals surface area (Å²) in [5.74, 6) is 0.0496. The van der Waals surface area contributed by atoms with E-state index in [1.165, 1.54) is 0 Å². The first kappa shape index (κ1) is 20.3. The molecule has 0 fully saturated rings. The molecule has 0 saturated carbocycles. The van der Waals surface area contributed by atoms with Gasteiger partial charge in [-0.25, -0.2) is 0 Å². The second-order valence-corrected chi connectivity index (χ2v) is 8.40. The number of aliphatic hydroxyl groups excluding tert-OH is 2. The van der Waals surface area contributed by atoms with Crippen LogP contribution in [0.1, 0.15) is 45.6 Å². The lowest BCUT2D eigenvalue weighted by molar-refractivity contribution is -0.117. The molecule has 1 aliphatic rings. The van der Waals surface area contributed by atoms with Crippen LogP contribution in [0.3, 0.4) is 0 Å². The van der Waals surface area contributed by atoms with Crippen molar-refractivity contribution in [3.63, 3.8) is 0 Å². The van der Waals surface area contributed by atoms with Crippen LogP contribution >= 0.6 is 0 Å². The molecule has 2 N–H and O–H groups in total. The molecule has 1 atom stereocenters. The molecular formula is C24H29NO3. The second-order valence-electron chi connectivity index (χ2n) is 8.40. The first-order valence-electron chi connectivity index (χ1n) is 9.94. The third kappa shape index (κ3) is 4.33. The van der Waals surface area contributed by atoms with Gasteiger partial charge >= 0.3 is 0 Å². The van der Waals surface area contributed by atoms with Gasteiger partial charge in [-0.15, -0.1) is 0 Å². The van der Waals surface area contributed by atoms with Crippen molar-refractivity contribution in [1.82, 2.24) is 0 Å². The zero-order chi connectivity index (χ0) is 20.3. The highest BCUT2D eigenvalue weighted by Gasteiger charge is 2.35. The fraction of sp³-hybridized carbons (Fsp3) is 0.417. The SMILES string of the molecule is CCC(CO)N=C(Cc1cccc2ccccc12)C1=C(O)CC(C)(C)CC1=O. The van der Waals surface area contributed by atoms with Crippen LogP contribution in [-0.4, -0.2) is 34.4 Å². The van der Waals surface area contributed by atoms with Crippen LogP contribution in [0.5, 0.6) is 0 Å². The standard InChI is InChI=1S/C24H29NO3/c1-4-18(15-26)25-20(23-21(27)13-24(2,3)14-22(23)28)12-17-10-7-9-16-8-5-6-11-19(16)17/h5-11,18,26-27H,4,12-15H2,1-3H3. The maximum Gasteiger partial charge on any atom is 0.168 e. The molecule has 0 aliphatic heterocycles. The third-order valence-electron chi connectivity index (χ3n) is 5.40. The molecule has 4 heteroatoms. The Morgan fingerprint density at radius 2 is 1.86 bits per heavy atom. The normalized spacial score (nSPS) is 18.6. The Kier molecular flexibility index (Phi) is 5.99. The van der Waals surface area contributed by atoms with Crippen molar-refractivity contribution in [2.24, 2.45) is 10.4 Å². The molecule has 3 rings (SSSR count). The average Bonchev–Trinajstić information content (AvgIpc) is 2.64. The number of rotatable bonds is 6. The summed E-state index contributed by atoms with van der Waals surface area (Å²) in [7, 11) is 0. The van der Waals surface area contributed by atoms with Gasteiger partial charge in [0.25, 0.3) is 0 Å². The quantitative estimate of drug-likeness (QED) is 0.709. The van der Waals surface area contributed by atoms with Crippen molar-refractivity contribution in [2.45, 2.75) is 52.5 Å². The summed E-state index contributed by atoms with van der Waals surface area (Å²) < 4.78 is 0. The molecule has 1 aliphatic carbocycles. The molecule has 0 radical (unpaired) electrons. The summed E-state index contributed by atoms with van der Waals surface area (Å²) >= 11 is 0. The van der Waals surface area contributed by atoms with Crippen LogP contribution in [0.4, 0.5) is 0 Å². The van der Waals surface area contributed by atoms with E-state index in [1.807, 2.05) is 45.0 Å². The zero-order valence-electron chi connectivity index (χ0n) is 16.9. The lowest BCUT2D eigenvalue weighted by Gasteiger charge is -2.30. The van der Waals surface area contributed by atoms with Crippen LogP contribution in [0.15, 0.2) is 58.8 Å². The maximum atomic E-state index is 12.9. The Labute approximate surface area is 166 Å². The van der Waals surface area contributed by atoms with E-state index in [4.69, 9.17) is 4.99 Å². The number of hydrogen-bond acceptors (Lipinski definition) is 4. The van der Waals surface area contributed by atoms with E-state index in [2.05, 4.69) is 18.2 Å². The number of Topliss-reactive ketones (excluding diaryl/α,β-unsaturated/α-hetero) is 1. The molecule has 0 bridgehead atoms. The van der Waals surface area contributed by atoms with Crippen LogP contribution in [-0.2, 0) is 11.2 Å². The number of allylic oxidation sites excluding steroid dienone is 2. The summed E-state index contributed by atoms with van der Waals surface area (Å²) in [6, 6.07) is 13.9. The summed E-state index contributed by atoms with van der Waals surface area (Å²) in [4.78, 5) is 17.6. The van der Waals surface area contributed by atoms with Gasteiger partial charge in [0.05, 0.1) is 23.9 Å². The van der Waals surface area contributed by atoms with Gasteiger partial charge in [0.15, 0.2) is 5.78 Å². The Balaban J connectivity index is 2.09. The highest BCUT2D eigenvalue weighted by molar-refractivity contribution is 6.24. The Bertz CT molecular complexity index is 931. The molecular weight excluding hydrogens is 350 g/mol. The van der Waals surface area contributed by atoms with Gasteiger partial charge < -0.3 is 10.2 Å². The van der Waals surface area contributed by atoms with Gasteiger partial charge in [-0.05, 0) is 28.2 Å². The van der Waals surface area contributed by atoms with Gasteiger partial charge in [-0.2, -0.15) is 0 Å². The number of ketones is 1. The lowest BCUT2D eigenvalue weighted by Crippen LogP contribution is -2.31. The number of carbonyl (C=O) groups excluding carboxylic acids is 1. The number of aliphatic hydroxyl groups is 2. The van der Waals surface area contributed by atoms with Gasteiger partial charge in [0.2, 0.25) is 0 Å². The highest BCUT2D eigenvalue weighted by Crippen LogP contribution is 2.37. The Hall–Kier alpha value is -2.46. The Morgan fingerprint density at radius 1 is 1.14 bits per heavy atom. The molecule has 0 spiro atoms. The minimum Gasteiger partial charge on any atom is -0.511 e. The number of nitrogens with zero attached hydrogens (tertiary/aromatic N) is 1. The molecule has 2 aromatic carbocycles. The summed E-state index contributed by atoms with van der Waals surface area (Å²) in [6.07, 6.45) is 1.96. The molecule has 0 saturated heterocycles. The third-order valence-corrected chi connectivity index (χ3v) is 5.40. The Morgan fingerprint density at radius 3 is 2.54 bits per heavy atom. The largest absolute Gasteiger partial charge is 0.511 e. The molecule has 28 heavy (non-hydrogen) atoms. The number of carbonyl (C=O) groups is 1. The van der Waals surface area contributed by atoms with Crippen molar-refractivity contribution in [1.29, 1.82) is 0 Å². The number of hydrogen-bond donors (Lipinski definition) is 2. The van der Waals surface area contributed by atoms with Gasteiger partial charge in [-0.3, -0.25) is 9.79 Å². The first-order chi connectivity index (χ1) is 13.3. The fourth-order valence-corrected chi connectivity index (χ4v) is 3.92. The van der Waals surface area contributed by atoms with E-state index in [9.17, 15) is 15.0 Å². The smallest absolute Gasteiger partial charge is 0.168 e. The molecule has 1 unspecified atom stereocenters. The monoisotopic (exact) mass is 379 g/mol. The zero-order valence-corrected chi connectivity index (χ0v) is 16.9. The summed E-state index contributed by atoms with van der Waals surface area (Å²) in [5, 5.41) is 22.6. The minimum atomic E-state index is -0.284. The maximum absolute atomic E-state index is 12.9. The predicted molar refractivity (Wildman–Crippen MR) is 114 cm³/mol. The molecule has 0 heterocycles. The van der Waals surface area contributed by atoms with E-state index >= 15 is 0 Å². The van der Waals surface area contributed by atoms with Gasteiger partial charge in [-0.1, -0.05) is 63.2 Å². The van der Waals surface area contributed by atoms with E-state index < -0.39 is 0 Å². The van der Waals surface area contributed by atoms with Crippen molar-refractivity contribution in [3.05, 3.63) is 59.4 Å². The second kappa shape index (κ2) is 8.27.